The Balaban J connectivity index is 2.10. The molecule has 0 unspecified atom stereocenters. The summed E-state index contributed by atoms with van der Waals surface area (Å²) in [6.45, 7) is 2.15. The van der Waals surface area contributed by atoms with Crippen LogP contribution in [-0.4, -0.2) is 17.0 Å². The van der Waals surface area contributed by atoms with E-state index in [-0.39, 0.29) is 0 Å². The topological polar surface area (TPSA) is 37.8 Å². The molecule has 3 nitrogen and oxygen atoms in total. The Morgan fingerprint density at radius 1 is 1.25 bits per heavy atom. The maximum atomic E-state index is 5.99. The fourth-order valence-electron chi connectivity index (χ4n) is 1.83. The second-order valence-electron chi connectivity index (χ2n) is 4.41. The van der Waals surface area contributed by atoms with E-state index in [1.165, 1.54) is 0 Å². The summed E-state index contributed by atoms with van der Waals surface area (Å²) >= 11 is 7.68. The lowest BCUT2D eigenvalue weighted by molar-refractivity contribution is 0.855. The third-order valence-corrected chi connectivity index (χ3v) is 3.98. The minimum Gasteiger partial charge on any atom is -0.373 e. The van der Waals surface area contributed by atoms with Gasteiger partial charge in [0.15, 0.2) is 0 Å². The van der Waals surface area contributed by atoms with Gasteiger partial charge in [0, 0.05) is 28.7 Å². The van der Waals surface area contributed by atoms with Gasteiger partial charge in [0.05, 0.1) is 5.75 Å². The summed E-state index contributed by atoms with van der Waals surface area (Å²) in [5.74, 6) is 2.47. The second kappa shape index (κ2) is 7.50. The van der Waals surface area contributed by atoms with Crippen LogP contribution in [0.15, 0.2) is 35.2 Å². The molecule has 0 fully saturated rings. The summed E-state index contributed by atoms with van der Waals surface area (Å²) in [6, 6.07) is 9.85. The molecule has 0 atom stereocenters. The number of nitrogens with one attached hydrogen (secondary N) is 1. The Bertz CT molecular complexity index is 575. The Hall–Kier alpha value is -1.26. The molecule has 1 aromatic heterocycles. The van der Waals surface area contributed by atoms with Gasteiger partial charge in [0.1, 0.15) is 11.6 Å². The van der Waals surface area contributed by atoms with E-state index >= 15 is 0 Å². The Morgan fingerprint density at radius 3 is 2.80 bits per heavy atom. The lowest BCUT2D eigenvalue weighted by Gasteiger charge is -2.07. The lowest BCUT2D eigenvalue weighted by Crippen LogP contribution is -2.02. The van der Waals surface area contributed by atoms with Gasteiger partial charge in [-0.3, -0.25) is 0 Å². The average molecular weight is 308 g/mol. The molecule has 2 aromatic rings. The van der Waals surface area contributed by atoms with Crippen molar-refractivity contribution >= 4 is 29.2 Å². The molecule has 20 heavy (non-hydrogen) atoms. The zero-order valence-corrected chi connectivity index (χ0v) is 13.3. The van der Waals surface area contributed by atoms with E-state index < -0.39 is 0 Å². The average Bonchev–Trinajstić information content (AvgIpc) is 2.45. The highest BCUT2D eigenvalue weighted by Gasteiger charge is 2.05. The maximum absolute atomic E-state index is 5.99. The van der Waals surface area contributed by atoms with Crippen LogP contribution in [0.2, 0.25) is 5.02 Å². The number of anilines is 1. The van der Waals surface area contributed by atoms with E-state index in [4.69, 9.17) is 11.6 Å². The highest BCUT2D eigenvalue weighted by molar-refractivity contribution is 7.98. The monoisotopic (exact) mass is 307 g/mol. The molecule has 5 heteroatoms. The Kier molecular flexibility index (Phi) is 5.68. The zero-order chi connectivity index (χ0) is 14.4. The number of hydrogen-bond donors (Lipinski definition) is 1. The van der Waals surface area contributed by atoms with Crippen LogP contribution in [0.5, 0.6) is 0 Å². The summed E-state index contributed by atoms with van der Waals surface area (Å²) in [5.41, 5.74) is 1.09. The van der Waals surface area contributed by atoms with Gasteiger partial charge in [-0.15, -0.1) is 11.8 Å². The van der Waals surface area contributed by atoms with Crippen molar-refractivity contribution in [2.75, 3.05) is 12.4 Å². The van der Waals surface area contributed by atoms with Gasteiger partial charge >= 0.3 is 0 Å². The zero-order valence-electron chi connectivity index (χ0n) is 11.7. The molecule has 0 saturated heterocycles. The molecule has 106 valence electrons. The third kappa shape index (κ3) is 4.39. The predicted molar refractivity (Wildman–Crippen MR) is 86.6 cm³/mol. The minimum absolute atomic E-state index is 0.743. The number of rotatable bonds is 6. The number of aryl methyl sites for hydroxylation is 1. The van der Waals surface area contributed by atoms with Crippen LogP contribution in [0.4, 0.5) is 5.82 Å². The number of hydrogen-bond acceptors (Lipinski definition) is 4. The molecular weight excluding hydrogens is 290 g/mol. The van der Waals surface area contributed by atoms with Gasteiger partial charge in [0.2, 0.25) is 0 Å². The second-order valence-corrected chi connectivity index (χ2v) is 5.89. The fraction of sp³-hybridized carbons (Fsp3) is 0.333. The first-order valence-electron chi connectivity index (χ1n) is 6.64. The molecule has 2 rings (SSSR count). The van der Waals surface area contributed by atoms with Gasteiger partial charge in [-0.2, -0.15) is 0 Å². The van der Waals surface area contributed by atoms with E-state index in [9.17, 15) is 0 Å². The van der Waals surface area contributed by atoms with Gasteiger partial charge in [-0.05, 0) is 24.6 Å². The predicted octanol–water partition coefficient (Wildman–Crippen LogP) is 4.42. The van der Waals surface area contributed by atoms with E-state index in [1.807, 2.05) is 37.4 Å². The van der Waals surface area contributed by atoms with E-state index in [0.717, 1.165) is 45.8 Å². The normalized spacial score (nSPS) is 10.6. The van der Waals surface area contributed by atoms with E-state index in [0.29, 0.717) is 0 Å². The van der Waals surface area contributed by atoms with Crippen LogP contribution >= 0.6 is 23.4 Å². The van der Waals surface area contributed by atoms with Crippen LogP contribution in [0.25, 0.3) is 0 Å². The van der Waals surface area contributed by atoms with Crippen LogP contribution in [0.3, 0.4) is 0 Å². The molecule has 0 saturated carbocycles. The van der Waals surface area contributed by atoms with Gasteiger partial charge in [-0.25, -0.2) is 9.97 Å². The van der Waals surface area contributed by atoms with Crippen LogP contribution in [-0.2, 0) is 12.2 Å². The van der Waals surface area contributed by atoms with Gasteiger partial charge in [0.25, 0.3) is 0 Å². The minimum atomic E-state index is 0.743. The van der Waals surface area contributed by atoms with Crippen LogP contribution in [0.1, 0.15) is 24.9 Å². The summed E-state index contributed by atoms with van der Waals surface area (Å²) < 4.78 is 0. The summed E-state index contributed by atoms with van der Waals surface area (Å²) in [7, 11) is 1.88. The summed E-state index contributed by atoms with van der Waals surface area (Å²) in [6.07, 6.45) is 2.06. The van der Waals surface area contributed by atoms with Crippen molar-refractivity contribution in [3.8, 4) is 0 Å². The largest absolute Gasteiger partial charge is 0.373 e. The summed E-state index contributed by atoms with van der Waals surface area (Å²) in [4.78, 5) is 10.2. The molecule has 0 radical (unpaired) electrons. The van der Waals surface area contributed by atoms with Crippen LogP contribution < -0.4 is 5.32 Å². The Morgan fingerprint density at radius 2 is 2.10 bits per heavy atom. The first-order valence-corrected chi connectivity index (χ1v) is 8.00. The number of aromatic nitrogens is 2. The molecule has 0 spiro atoms. The maximum Gasteiger partial charge on any atom is 0.141 e. The highest BCUT2D eigenvalue weighted by atomic mass is 35.5. The molecule has 1 heterocycles. The van der Waals surface area contributed by atoms with Crippen molar-refractivity contribution < 1.29 is 0 Å². The van der Waals surface area contributed by atoms with Crippen molar-refractivity contribution in [2.24, 2.45) is 0 Å². The number of thioether (sulfide) groups is 1. The molecule has 0 bridgehead atoms. The molecule has 0 aliphatic carbocycles. The van der Waals surface area contributed by atoms with Crippen molar-refractivity contribution in [3.05, 3.63) is 46.9 Å². The number of nitrogens with zero attached hydrogens (tertiary/aromatic N) is 2. The molecule has 0 aliphatic heterocycles. The molecule has 1 N–H and O–H groups in total. The van der Waals surface area contributed by atoms with Gasteiger partial charge < -0.3 is 5.32 Å². The quantitative estimate of drug-likeness (QED) is 0.802. The first-order chi connectivity index (χ1) is 9.71. The standard InChI is InChI=1S/C15H18ClN3S/c1-3-5-12-9-14(17-2)19-15(18-12)10-20-13-7-4-6-11(16)8-13/h4,6-9H,3,5,10H2,1-2H3,(H,17,18,19). The van der Waals surface area contributed by atoms with Gasteiger partial charge in [-0.1, -0.05) is 31.0 Å². The molecule has 1 aromatic carbocycles. The van der Waals surface area contributed by atoms with Crippen molar-refractivity contribution in [2.45, 2.75) is 30.4 Å². The summed E-state index contributed by atoms with van der Waals surface area (Å²) in [5, 5.41) is 3.85. The first kappa shape index (κ1) is 15.1. The molecule has 0 aliphatic rings. The Labute approximate surface area is 129 Å². The van der Waals surface area contributed by atoms with E-state index in [2.05, 4.69) is 22.2 Å². The van der Waals surface area contributed by atoms with Crippen molar-refractivity contribution in [1.82, 2.24) is 9.97 Å². The lowest BCUT2D eigenvalue weighted by atomic mass is 10.2. The number of benzene rings is 1. The van der Waals surface area contributed by atoms with Crippen molar-refractivity contribution in [1.29, 1.82) is 0 Å². The molecule has 0 amide bonds. The SMILES string of the molecule is CCCc1cc(NC)nc(CSc2cccc(Cl)c2)n1. The highest BCUT2D eigenvalue weighted by Crippen LogP contribution is 2.24. The number of halogens is 1. The van der Waals surface area contributed by atoms with E-state index in [1.54, 1.807) is 11.8 Å². The van der Waals surface area contributed by atoms with Crippen molar-refractivity contribution in [3.63, 3.8) is 0 Å². The third-order valence-electron chi connectivity index (χ3n) is 2.75. The fourth-order valence-corrected chi connectivity index (χ4v) is 2.90. The van der Waals surface area contributed by atoms with Crippen LogP contribution in [0, 0.1) is 0 Å². The smallest absolute Gasteiger partial charge is 0.141 e. The molecular formula is C15H18ClN3S.